The monoisotopic (exact) mass is 383 g/mol. The van der Waals surface area contributed by atoms with Crippen molar-refractivity contribution in [2.75, 3.05) is 44.6 Å². The first-order valence-electron chi connectivity index (χ1n) is 10.9. The number of anilines is 1. The van der Waals surface area contributed by atoms with Crippen LogP contribution in [-0.2, 0) is 17.6 Å². The predicted molar refractivity (Wildman–Crippen MR) is 114 cm³/mol. The second-order valence-electron chi connectivity index (χ2n) is 8.38. The van der Waals surface area contributed by atoms with Gasteiger partial charge in [0.05, 0.1) is 6.54 Å². The van der Waals surface area contributed by atoms with E-state index in [1.54, 1.807) is 0 Å². The molecule has 2 aliphatic carbocycles. The summed E-state index contributed by atoms with van der Waals surface area (Å²) in [5.74, 6) is 1.16. The standard InChI is InChI=1S/C22H33N5O/c23-22(25-20-9-8-17-6-3-7-19(17)16-20)24-10-11-26-12-14-27(15-13-26)21(28)18-4-1-2-5-18/h8-9,16,18H,1-7,10-15H2,(H3,23,24,25). The van der Waals surface area contributed by atoms with Gasteiger partial charge < -0.3 is 16.0 Å². The van der Waals surface area contributed by atoms with E-state index in [1.165, 1.54) is 36.8 Å². The van der Waals surface area contributed by atoms with Crippen molar-refractivity contribution in [1.29, 1.82) is 0 Å². The third-order valence-corrected chi connectivity index (χ3v) is 6.46. The minimum atomic E-state index is 0.293. The zero-order valence-corrected chi connectivity index (χ0v) is 16.8. The molecule has 1 heterocycles. The molecule has 1 saturated heterocycles. The molecule has 28 heavy (non-hydrogen) atoms. The Labute approximate surface area is 168 Å². The summed E-state index contributed by atoms with van der Waals surface area (Å²) in [5, 5.41) is 3.22. The van der Waals surface area contributed by atoms with Crippen LogP contribution in [0.15, 0.2) is 23.2 Å². The third kappa shape index (κ3) is 4.66. The molecular weight excluding hydrogens is 350 g/mol. The van der Waals surface area contributed by atoms with Gasteiger partial charge in [-0.05, 0) is 55.4 Å². The van der Waals surface area contributed by atoms with E-state index in [0.29, 0.717) is 24.3 Å². The third-order valence-electron chi connectivity index (χ3n) is 6.46. The van der Waals surface area contributed by atoms with Crippen molar-refractivity contribution in [3.05, 3.63) is 29.3 Å². The lowest BCUT2D eigenvalue weighted by Gasteiger charge is -2.35. The van der Waals surface area contributed by atoms with Crippen LogP contribution in [0.5, 0.6) is 0 Å². The maximum absolute atomic E-state index is 12.5. The van der Waals surface area contributed by atoms with Crippen LogP contribution in [0.2, 0.25) is 0 Å². The van der Waals surface area contributed by atoms with Crippen LogP contribution in [0.1, 0.15) is 43.2 Å². The molecule has 0 bridgehead atoms. The highest BCUT2D eigenvalue weighted by atomic mass is 16.2. The van der Waals surface area contributed by atoms with E-state index in [-0.39, 0.29) is 0 Å². The molecule has 0 unspecified atom stereocenters. The zero-order chi connectivity index (χ0) is 19.3. The van der Waals surface area contributed by atoms with Gasteiger partial charge in [-0.25, -0.2) is 0 Å². The summed E-state index contributed by atoms with van der Waals surface area (Å²) in [6.07, 6.45) is 8.22. The highest BCUT2D eigenvalue weighted by Gasteiger charge is 2.29. The van der Waals surface area contributed by atoms with E-state index in [1.807, 2.05) is 0 Å². The molecule has 6 heteroatoms. The summed E-state index contributed by atoms with van der Waals surface area (Å²) in [6.45, 7) is 5.14. The Hall–Kier alpha value is -2.08. The topological polar surface area (TPSA) is 74.0 Å². The van der Waals surface area contributed by atoms with Gasteiger partial charge in [0.25, 0.3) is 0 Å². The van der Waals surface area contributed by atoms with Crippen molar-refractivity contribution in [2.24, 2.45) is 16.6 Å². The van der Waals surface area contributed by atoms with Crippen LogP contribution in [0.25, 0.3) is 0 Å². The van der Waals surface area contributed by atoms with Gasteiger partial charge in [0, 0.05) is 44.3 Å². The molecule has 6 nitrogen and oxygen atoms in total. The number of nitrogens with zero attached hydrogens (tertiary/aromatic N) is 3. The number of nitrogens with two attached hydrogens (primary N) is 1. The van der Waals surface area contributed by atoms with E-state index in [0.717, 1.165) is 57.7 Å². The fraction of sp³-hybridized carbons (Fsp3) is 0.636. The minimum absolute atomic E-state index is 0.293. The quantitative estimate of drug-likeness (QED) is 0.604. The van der Waals surface area contributed by atoms with Crippen molar-refractivity contribution in [3.8, 4) is 0 Å². The van der Waals surface area contributed by atoms with Crippen LogP contribution in [0.4, 0.5) is 5.69 Å². The predicted octanol–water partition coefficient (Wildman–Crippen LogP) is 2.24. The highest BCUT2D eigenvalue weighted by molar-refractivity contribution is 5.92. The molecule has 1 aliphatic heterocycles. The molecule has 3 N–H and O–H groups in total. The second-order valence-corrected chi connectivity index (χ2v) is 8.38. The van der Waals surface area contributed by atoms with Gasteiger partial charge in [-0.3, -0.25) is 14.7 Å². The van der Waals surface area contributed by atoms with Gasteiger partial charge in [0.1, 0.15) is 0 Å². The van der Waals surface area contributed by atoms with Crippen molar-refractivity contribution in [2.45, 2.75) is 44.9 Å². The van der Waals surface area contributed by atoms with Crippen LogP contribution < -0.4 is 11.1 Å². The maximum Gasteiger partial charge on any atom is 0.225 e. The number of hydrogen-bond acceptors (Lipinski definition) is 3. The van der Waals surface area contributed by atoms with Crippen LogP contribution >= 0.6 is 0 Å². The molecule has 2 fully saturated rings. The maximum atomic E-state index is 12.5. The number of aliphatic imine (C=N–C) groups is 1. The lowest BCUT2D eigenvalue weighted by Crippen LogP contribution is -2.50. The number of rotatable bonds is 5. The lowest BCUT2D eigenvalue weighted by atomic mass is 10.1. The molecule has 0 radical (unpaired) electrons. The number of piperazine rings is 1. The van der Waals surface area contributed by atoms with Gasteiger partial charge >= 0.3 is 0 Å². The Morgan fingerprint density at radius 3 is 2.61 bits per heavy atom. The molecule has 1 aromatic rings. The van der Waals surface area contributed by atoms with E-state index in [9.17, 15) is 4.79 Å². The van der Waals surface area contributed by atoms with Gasteiger partial charge in [-0.2, -0.15) is 0 Å². The molecule has 0 spiro atoms. The number of guanidine groups is 1. The number of carbonyl (C=O) groups is 1. The Morgan fingerprint density at radius 1 is 1.07 bits per heavy atom. The molecular formula is C22H33N5O. The summed E-state index contributed by atoms with van der Waals surface area (Å²) >= 11 is 0. The van der Waals surface area contributed by atoms with Gasteiger partial charge in [-0.1, -0.05) is 18.9 Å². The number of hydrogen-bond donors (Lipinski definition) is 2. The normalized spacial score (nSPS) is 21.1. The Bertz CT molecular complexity index is 718. The fourth-order valence-electron chi connectivity index (χ4n) is 4.77. The van der Waals surface area contributed by atoms with Crippen LogP contribution in [0.3, 0.4) is 0 Å². The summed E-state index contributed by atoms with van der Waals surface area (Å²) in [4.78, 5) is 21.4. The zero-order valence-electron chi connectivity index (χ0n) is 16.8. The Kier molecular flexibility index (Phi) is 6.15. The number of aryl methyl sites for hydroxylation is 2. The largest absolute Gasteiger partial charge is 0.370 e. The Morgan fingerprint density at radius 2 is 1.82 bits per heavy atom. The molecule has 1 aromatic carbocycles. The van der Waals surface area contributed by atoms with Gasteiger partial charge in [0.15, 0.2) is 5.96 Å². The van der Waals surface area contributed by atoms with E-state index in [4.69, 9.17) is 5.73 Å². The molecule has 0 aromatic heterocycles. The fourth-order valence-corrected chi connectivity index (χ4v) is 4.77. The van der Waals surface area contributed by atoms with Crippen LogP contribution in [-0.4, -0.2) is 60.9 Å². The second kappa shape index (κ2) is 8.95. The molecule has 4 rings (SSSR count). The van der Waals surface area contributed by atoms with Gasteiger partial charge in [-0.15, -0.1) is 0 Å². The smallest absolute Gasteiger partial charge is 0.225 e. The number of nitrogens with one attached hydrogen (secondary N) is 1. The first-order chi connectivity index (χ1) is 13.7. The number of fused-ring (bicyclic) bond motifs is 1. The molecule has 152 valence electrons. The van der Waals surface area contributed by atoms with E-state index < -0.39 is 0 Å². The summed E-state index contributed by atoms with van der Waals surface area (Å²) in [5.41, 5.74) is 9.99. The van der Waals surface area contributed by atoms with Crippen molar-refractivity contribution < 1.29 is 4.79 Å². The number of amides is 1. The van der Waals surface area contributed by atoms with Crippen molar-refractivity contribution >= 4 is 17.6 Å². The number of carbonyl (C=O) groups excluding carboxylic acids is 1. The highest BCUT2D eigenvalue weighted by Crippen LogP contribution is 2.27. The number of benzene rings is 1. The first-order valence-corrected chi connectivity index (χ1v) is 10.9. The average molecular weight is 384 g/mol. The summed E-state index contributed by atoms with van der Waals surface area (Å²) in [6, 6.07) is 6.49. The van der Waals surface area contributed by atoms with Crippen molar-refractivity contribution in [1.82, 2.24) is 9.80 Å². The van der Waals surface area contributed by atoms with Crippen molar-refractivity contribution in [3.63, 3.8) is 0 Å². The minimum Gasteiger partial charge on any atom is -0.370 e. The van der Waals surface area contributed by atoms with Crippen LogP contribution in [0, 0.1) is 5.92 Å². The van der Waals surface area contributed by atoms with E-state index in [2.05, 4.69) is 38.3 Å². The average Bonchev–Trinajstić information content (AvgIpc) is 3.39. The summed E-state index contributed by atoms with van der Waals surface area (Å²) in [7, 11) is 0. The summed E-state index contributed by atoms with van der Waals surface area (Å²) < 4.78 is 0. The van der Waals surface area contributed by atoms with Gasteiger partial charge in [0.2, 0.25) is 5.91 Å². The Balaban J connectivity index is 1.18. The molecule has 1 amide bonds. The lowest BCUT2D eigenvalue weighted by molar-refractivity contribution is -0.137. The first kappa shape index (κ1) is 19.2. The molecule has 0 atom stereocenters. The molecule has 3 aliphatic rings. The molecule has 1 saturated carbocycles. The van der Waals surface area contributed by atoms with E-state index >= 15 is 0 Å². The SMILES string of the molecule is NC(=NCCN1CCN(C(=O)C2CCCC2)CC1)Nc1ccc2c(c1)CCC2.